The number of azide groups is 1. The van der Waals surface area contributed by atoms with Crippen LogP contribution in [-0.2, 0) is 20.5 Å². The molecule has 1 aliphatic heterocycles. The van der Waals surface area contributed by atoms with E-state index in [1.165, 1.54) is 0 Å². The molecule has 1 heterocycles. The first-order valence-electron chi connectivity index (χ1n) is 15.0. The number of cyclic esters (lactones) is 1. The Kier molecular flexibility index (Phi) is 11.5. The molecular weight excluding hydrogens is 579 g/mol. The maximum Gasteiger partial charge on any atom is 0.411 e. The Bertz CT molecular complexity index is 1240. The molecule has 234 valence electrons. The number of rotatable bonds is 13. The highest BCUT2D eigenvalue weighted by molar-refractivity contribution is 7.91. The monoisotopic (exact) mass is 625 g/mol. The van der Waals surface area contributed by atoms with Gasteiger partial charge in [-0.3, -0.25) is 4.90 Å². The van der Waals surface area contributed by atoms with E-state index in [0.29, 0.717) is 32.4 Å². The molecule has 1 saturated heterocycles. The fourth-order valence-electron chi connectivity index (χ4n) is 5.74. The number of ether oxygens (including phenoxy) is 1. The smallest absolute Gasteiger partial charge is 0.411 e. The van der Waals surface area contributed by atoms with Crippen molar-refractivity contribution >= 4 is 42.4 Å². The van der Waals surface area contributed by atoms with Crippen LogP contribution in [0, 0.1) is 0 Å². The van der Waals surface area contributed by atoms with Crippen LogP contribution in [0.4, 0.5) is 4.79 Å². The highest BCUT2D eigenvalue weighted by Gasteiger charge is 2.59. The second-order valence-electron chi connectivity index (χ2n) is 13.1. The maximum atomic E-state index is 13.5. The van der Waals surface area contributed by atoms with Gasteiger partial charge in [0.1, 0.15) is 22.2 Å². The lowest BCUT2D eigenvalue weighted by Gasteiger charge is -2.48. The molecule has 0 spiro atoms. The zero-order valence-electron chi connectivity index (χ0n) is 26.8. The van der Waals surface area contributed by atoms with Crippen molar-refractivity contribution in [3.05, 3.63) is 71.1 Å². The van der Waals surface area contributed by atoms with Gasteiger partial charge in [0, 0.05) is 18.0 Å². The zero-order valence-corrected chi connectivity index (χ0v) is 28.6. The molecule has 0 aromatic heterocycles. The molecule has 2 aromatic rings. The Morgan fingerprint density at radius 2 is 1.65 bits per heavy atom. The van der Waals surface area contributed by atoms with Crippen molar-refractivity contribution in [3.8, 4) is 0 Å². The fourth-order valence-corrected chi connectivity index (χ4v) is 11.1. The molecule has 1 unspecified atom stereocenters. The third kappa shape index (κ3) is 7.64. The second-order valence-corrected chi connectivity index (χ2v) is 19.3. The number of hydrogen-bond donors (Lipinski definition) is 0. The van der Waals surface area contributed by atoms with Crippen LogP contribution in [0.1, 0.15) is 74.7 Å². The molecular formula is C32H47N5O4SSi. The number of carbonyl (C=O) groups is 1. The lowest BCUT2D eigenvalue weighted by molar-refractivity contribution is -0.0405. The molecule has 43 heavy (non-hydrogen) atoms. The topological polar surface area (TPSA) is 123 Å². The largest absolute Gasteiger partial charge is 0.591 e. The van der Waals surface area contributed by atoms with Gasteiger partial charge in [-0.05, 0) is 67.9 Å². The molecule has 0 aliphatic carbocycles. The highest BCUT2D eigenvalue weighted by Crippen LogP contribution is 2.42. The Labute approximate surface area is 261 Å². The number of carbonyl (C=O) groups excluding carboxylic acids is 1. The molecule has 0 N–H and O–H groups in total. The number of unbranched alkanes of at least 4 members (excludes halogenated alkanes) is 1. The fraction of sp³-hybridized carbons (Fsp3) is 0.562. The maximum absolute atomic E-state index is 13.5. The van der Waals surface area contributed by atoms with Crippen LogP contribution in [0.15, 0.2) is 70.2 Å². The minimum Gasteiger partial charge on any atom is -0.591 e. The number of hydrogen-bond acceptors (Lipinski definition) is 6. The van der Waals surface area contributed by atoms with E-state index < -0.39 is 48.3 Å². The van der Waals surface area contributed by atoms with Gasteiger partial charge < -0.3 is 13.7 Å². The first kappa shape index (κ1) is 34.7. The number of benzene rings is 2. The van der Waals surface area contributed by atoms with Gasteiger partial charge in [-0.25, -0.2) is 4.79 Å². The molecule has 1 aliphatic rings. The molecule has 3 rings (SSSR count). The van der Waals surface area contributed by atoms with E-state index in [1.54, 1.807) is 11.1 Å². The normalized spacial score (nSPS) is 21.0. The van der Waals surface area contributed by atoms with Crippen LogP contribution < -0.4 is 10.4 Å². The summed E-state index contributed by atoms with van der Waals surface area (Å²) < 4.78 is 30.7. The van der Waals surface area contributed by atoms with Crippen molar-refractivity contribution in [2.45, 2.75) is 102 Å². The van der Waals surface area contributed by atoms with Crippen LogP contribution in [0.5, 0.6) is 0 Å². The molecule has 1 fully saturated rings. The minimum atomic E-state index is -3.00. The van der Waals surface area contributed by atoms with Gasteiger partial charge in [-0.2, -0.15) is 0 Å². The van der Waals surface area contributed by atoms with Gasteiger partial charge >= 0.3 is 6.09 Å². The van der Waals surface area contributed by atoms with Crippen molar-refractivity contribution in [1.82, 2.24) is 4.90 Å². The first-order chi connectivity index (χ1) is 20.2. The molecule has 0 radical (unpaired) electrons. The van der Waals surface area contributed by atoms with Gasteiger partial charge in [0.2, 0.25) is 0 Å². The van der Waals surface area contributed by atoms with E-state index in [-0.39, 0.29) is 5.04 Å². The first-order valence-corrected chi connectivity index (χ1v) is 18.0. The summed E-state index contributed by atoms with van der Waals surface area (Å²) >= 11 is -1.52. The average molecular weight is 626 g/mol. The predicted molar refractivity (Wildman–Crippen MR) is 178 cm³/mol. The Hall–Kier alpha value is -2.82. The van der Waals surface area contributed by atoms with E-state index >= 15 is 0 Å². The van der Waals surface area contributed by atoms with Crippen molar-refractivity contribution in [2.75, 3.05) is 13.1 Å². The van der Waals surface area contributed by atoms with Gasteiger partial charge in [0.05, 0.1) is 12.3 Å². The summed E-state index contributed by atoms with van der Waals surface area (Å²) in [5.41, 5.74) is 7.52. The van der Waals surface area contributed by atoms with Gasteiger partial charge in [0.15, 0.2) is 5.60 Å². The van der Waals surface area contributed by atoms with Crippen molar-refractivity contribution < 1.29 is 18.5 Å². The van der Waals surface area contributed by atoms with Gasteiger partial charge in [-0.1, -0.05) is 97.9 Å². The minimum absolute atomic E-state index is 0.277. The summed E-state index contributed by atoms with van der Waals surface area (Å²) in [6, 6.07) is 20.1. The molecule has 0 saturated carbocycles. The third-order valence-electron chi connectivity index (χ3n) is 8.00. The molecule has 2 aromatic carbocycles. The lowest BCUT2D eigenvalue weighted by Crippen LogP contribution is -2.70. The Morgan fingerprint density at radius 3 is 2.12 bits per heavy atom. The zero-order chi connectivity index (χ0) is 31.9. The Balaban J connectivity index is 2.14. The molecule has 1 amide bonds. The SMILES string of the molecule is CC[C@@H](O[Si](c1ccccc1)(c1ccccc1)C(C)(C)C)[C@@]1(C)OC(=O)N(CCCCN=[N+]=[N-])[C@@H]1/C=N/[S+]([O-])C(C)(C)C. The summed E-state index contributed by atoms with van der Waals surface area (Å²) in [5, 5.41) is 5.60. The number of nitrogens with zero attached hydrogens (tertiary/aromatic N) is 5. The van der Waals surface area contributed by atoms with Crippen LogP contribution in [-0.4, -0.2) is 65.7 Å². The van der Waals surface area contributed by atoms with Crippen LogP contribution in [0.2, 0.25) is 5.04 Å². The quantitative estimate of drug-likeness (QED) is 0.0477. The van der Waals surface area contributed by atoms with Crippen molar-refractivity contribution in [1.29, 1.82) is 0 Å². The highest BCUT2D eigenvalue weighted by atomic mass is 32.2. The molecule has 4 atom stereocenters. The van der Waals surface area contributed by atoms with Crippen molar-refractivity contribution in [2.24, 2.45) is 9.51 Å². The van der Waals surface area contributed by atoms with Crippen LogP contribution in [0.3, 0.4) is 0 Å². The summed E-state index contributed by atoms with van der Waals surface area (Å²) in [5.74, 6) is 0. The van der Waals surface area contributed by atoms with E-state index in [2.05, 4.69) is 59.5 Å². The standard InChI is InChI=1S/C32H47N5O4SSi/c1-9-28(41-43(31(5,6)7,25-18-12-10-13-19-25)26-20-14-11-15-21-26)32(8)27(24-35-42(39)30(2,3)4)37(29(38)40-32)23-17-16-22-34-36-33/h10-15,18-21,24,27-28H,9,16-17,22-23H2,1-8H3/b35-24+/t27-,28-,32+,42?/m1/s1. The van der Waals surface area contributed by atoms with Crippen LogP contribution in [0.25, 0.3) is 10.4 Å². The van der Waals surface area contributed by atoms with Crippen molar-refractivity contribution in [3.63, 3.8) is 0 Å². The predicted octanol–water partition coefficient (Wildman–Crippen LogP) is 6.54. The third-order valence-corrected chi connectivity index (χ3v) is 14.4. The second kappa shape index (κ2) is 14.3. The summed E-state index contributed by atoms with van der Waals surface area (Å²) in [6.45, 7) is 16.9. The summed E-state index contributed by atoms with van der Waals surface area (Å²) in [6.07, 6.45) is 2.47. The van der Waals surface area contributed by atoms with Crippen LogP contribution >= 0.6 is 0 Å². The Morgan fingerprint density at radius 1 is 1.09 bits per heavy atom. The lowest BCUT2D eigenvalue weighted by atomic mass is 9.89. The van der Waals surface area contributed by atoms with Gasteiger partial charge in [-0.15, -0.1) is 0 Å². The molecule has 0 bridgehead atoms. The molecule has 11 heteroatoms. The average Bonchev–Trinajstić information content (AvgIpc) is 3.20. The van der Waals surface area contributed by atoms with Gasteiger partial charge in [0.25, 0.3) is 8.32 Å². The molecule has 9 nitrogen and oxygen atoms in total. The van der Waals surface area contributed by atoms with E-state index in [0.717, 1.165) is 10.4 Å². The van der Waals surface area contributed by atoms with E-state index in [1.807, 2.05) is 71.0 Å². The van der Waals surface area contributed by atoms with E-state index in [9.17, 15) is 9.35 Å². The summed E-state index contributed by atoms with van der Waals surface area (Å²) in [7, 11) is -3.00. The summed E-state index contributed by atoms with van der Waals surface area (Å²) in [4.78, 5) is 18.0. The van der Waals surface area contributed by atoms with E-state index in [4.69, 9.17) is 14.7 Å². The number of amides is 1.